The normalized spacial score (nSPS) is 15.1. The highest BCUT2D eigenvalue weighted by molar-refractivity contribution is 7.45. The van der Waals surface area contributed by atoms with Gasteiger partial charge in [-0.25, -0.2) is 4.79 Å². The molecule has 3 atom stereocenters. The molecule has 34 heavy (non-hydrogen) atoms. The van der Waals surface area contributed by atoms with Gasteiger partial charge < -0.3 is 29.3 Å². The Morgan fingerprint density at radius 2 is 1.79 bits per heavy atom. The lowest BCUT2D eigenvalue weighted by atomic mass is 9.78. The Bertz CT molecular complexity index is 947. The molecule has 0 bridgehead atoms. The minimum atomic E-state index is -4.46. The fourth-order valence-corrected chi connectivity index (χ4v) is 4.08. The second kappa shape index (κ2) is 12.4. The second-order valence-electron chi connectivity index (χ2n) is 8.95. The molecule has 0 aliphatic rings. The Hall–Kier alpha value is -2.26. The third-order valence-corrected chi connectivity index (χ3v) is 6.09. The van der Waals surface area contributed by atoms with Gasteiger partial charge in [-0.15, -0.1) is 0 Å². The van der Waals surface area contributed by atoms with Crippen molar-refractivity contribution < 1.29 is 37.6 Å². The molecule has 1 unspecified atom stereocenters. The predicted molar refractivity (Wildman–Crippen MR) is 125 cm³/mol. The van der Waals surface area contributed by atoms with Crippen LogP contribution in [-0.2, 0) is 33.4 Å². The van der Waals surface area contributed by atoms with Gasteiger partial charge in [0.15, 0.2) is 0 Å². The lowest BCUT2D eigenvalue weighted by molar-refractivity contribution is -0.223. The molecule has 0 saturated heterocycles. The summed E-state index contributed by atoms with van der Waals surface area (Å²) in [4.78, 5) is 48.7. The van der Waals surface area contributed by atoms with Crippen molar-refractivity contribution in [2.24, 2.45) is 5.92 Å². The number of phosphoric ester groups is 1. The van der Waals surface area contributed by atoms with Crippen molar-refractivity contribution in [3.05, 3.63) is 28.8 Å². The van der Waals surface area contributed by atoms with E-state index >= 15 is 0 Å². The van der Waals surface area contributed by atoms with E-state index in [1.165, 1.54) is 13.8 Å². The molecule has 11 heteroatoms. The summed E-state index contributed by atoms with van der Waals surface area (Å²) in [6.45, 7) is 12.4. The minimum Gasteiger partial charge on any atom is -0.756 e. The number of benzene rings is 1. The van der Waals surface area contributed by atoms with Gasteiger partial charge in [0.1, 0.15) is 11.8 Å². The average Bonchev–Trinajstić information content (AvgIpc) is 2.70. The second-order valence-corrected chi connectivity index (χ2v) is 10.5. The van der Waals surface area contributed by atoms with Crippen molar-refractivity contribution in [2.45, 2.75) is 66.3 Å². The summed E-state index contributed by atoms with van der Waals surface area (Å²) in [5.74, 6) is -1.94. The number of hydrogen-bond donors (Lipinski definition) is 2. The van der Waals surface area contributed by atoms with E-state index < -0.39 is 43.7 Å². The Balaban J connectivity index is 2.99. The van der Waals surface area contributed by atoms with Crippen LogP contribution in [0, 0.1) is 19.8 Å². The third-order valence-electron chi connectivity index (χ3n) is 5.17. The summed E-state index contributed by atoms with van der Waals surface area (Å²) < 4.78 is 25.8. The van der Waals surface area contributed by atoms with Crippen LogP contribution in [0.4, 0.5) is 0 Å². The Labute approximate surface area is 201 Å². The third kappa shape index (κ3) is 8.83. The van der Waals surface area contributed by atoms with Crippen LogP contribution in [0.15, 0.2) is 12.1 Å². The summed E-state index contributed by atoms with van der Waals surface area (Å²) in [6.07, 6.45) is 0.199. The molecular formula is C23H36N2O8P-. The molecule has 0 aliphatic carbocycles. The zero-order valence-electron chi connectivity index (χ0n) is 21.1. The Morgan fingerprint density at radius 3 is 2.35 bits per heavy atom. The molecule has 0 aliphatic heterocycles. The first-order chi connectivity index (χ1) is 15.6. The smallest absolute Gasteiger partial charge is 0.333 e. The molecule has 1 rings (SSSR count). The van der Waals surface area contributed by atoms with E-state index in [0.29, 0.717) is 12.3 Å². The molecule has 0 spiro atoms. The Kier molecular flexibility index (Phi) is 10.9. The number of nitrogens with one attached hydrogen (secondary N) is 2. The summed E-state index contributed by atoms with van der Waals surface area (Å²) in [6, 6.07) is 2.66. The monoisotopic (exact) mass is 499 g/mol. The number of hydrogen-bond acceptors (Lipinski definition) is 8. The fraction of sp³-hybridized carbons (Fsp3) is 0.609. The molecule has 1 aromatic rings. The van der Waals surface area contributed by atoms with Crippen molar-refractivity contribution in [3.63, 3.8) is 0 Å². The minimum absolute atomic E-state index is 0.113. The van der Waals surface area contributed by atoms with Crippen molar-refractivity contribution in [1.82, 2.24) is 10.6 Å². The van der Waals surface area contributed by atoms with Crippen LogP contribution in [0.25, 0.3) is 0 Å². The molecule has 2 N–H and O–H groups in total. The van der Waals surface area contributed by atoms with Gasteiger partial charge in [-0.2, -0.15) is 0 Å². The number of esters is 1. The molecular weight excluding hydrogens is 463 g/mol. The molecule has 2 amide bonds. The van der Waals surface area contributed by atoms with E-state index in [-0.39, 0.29) is 12.3 Å². The number of phosphoric acid groups is 1. The van der Waals surface area contributed by atoms with E-state index in [2.05, 4.69) is 19.7 Å². The largest absolute Gasteiger partial charge is 0.756 e. The van der Waals surface area contributed by atoms with E-state index in [1.54, 1.807) is 6.07 Å². The van der Waals surface area contributed by atoms with Crippen LogP contribution in [0.3, 0.4) is 0 Å². The molecule has 0 fully saturated rings. The van der Waals surface area contributed by atoms with Gasteiger partial charge in [0, 0.05) is 31.1 Å². The van der Waals surface area contributed by atoms with Gasteiger partial charge in [0.25, 0.3) is 7.82 Å². The number of carbonyl (C=O) groups excluding carboxylic acids is 3. The molecule has 0 aromatic heterocycles. The standard InChI is InChI=1S/C23H37N2O8P/c1-9-24-19(26)12-23(6,7)20-15(3)10-14(2)11-18(20)33-22(28)17(5)25-21(27)16(4)13-32-34(29,30)31-8/h10-11,16-17H,9,12-13H2,1-8H3,(H,24,26)(H,25,27)(H,29,30)/p-1/t16-,17-/m1/s1. The van der Waals surface area contributed by atoms with Gasteiger partial charge in [0.05, 0.1) is 12.5 Å². The highest BCUT2D eigenvalue weighted by atomic mass is 31.2. The summed E-state index contributed by atoms with van der Waals surface area (Å²) in [5.41, 5.74) is 1.85. The molecule has 192 valence electrons. The average molecular weight is 500 g/mol. The molecule has 1 aromatic carbocycles. The number of carbonyl (C=O) groups is 3. The van der Waals surface area contributed by atoms with Gasteiger partial charge >= 0.3 is 5.97 Å². The van der Waals surface area contributed by atoms with E-state index in [4.69, 9.17) is 4.74 Å². The highest BCUT2D eigenvalue weighted by Crippen LogP contribution is 2.38. The molecule has 0 saturated carbocycles. The maximum Gasteiger partial charge on any atom is 0.333 e. The first-order valence-electron chi connectivity index (χ1n) is 11.0. The first-order valence-corrected chi connectivity index (χ1v) is 12.5. The maximum absolute atomic E-state index is 12.8. The van der Waals surface area contributed by atoms with Crippen LogP contribution >= 0.6 is 7.82 Å². The lowest BCUT2D eigenvalue weighted by Gasteiger charge is -2.29. The van der Waals surface area contributed by atoms with Crippen molar-refractivity contribution in [2.75, 3.05) is 20.3 Å². The SMILES string of the molecule is CCNC(=O)CC(C)(C)c1c(C)cc(C)cc1OC(=O)[C@@H](C)NC(=O)[C@H](C)COP(=O)([O-])OC. The molecule has 0 radical (unpaired) electrons. The van der Waals surface area contributed by atoms with Crippen LogP contribution in [0.2, 0.25) is 0 Å². The maximum atomic E-state index is 12.8. The number of ether oxygens (including phenoxy) is 1. The number of rotatable bonds is 12. The van der Waals surface area contributed by atoms with E-state index in [0.717, 1.165) is 23.8 Å². The van der Waals surface area contributed by atoms with Gasteiger partial charge in [-0.3, -0.25) is 14.2 Å². The highest BCUT2D eigenvalue weighted by Gasteiger charge is 2.31. The van der Waals surface area contributed by atoms with Crippen molar-refractivity contribution in [1.29, 1.82) is 0 Å². The lowest BCUT2D eigenvalue weighted by Crippen LogP contribution is -2.44. The van der Waals surface area contributed by atoms with Crippen LogP contribution in [0.5, 0.6) is 5.75 Å². The molecule has 10 nitrogen and oxygen atoms in total. The first kappa shape index (κ1) is 29.8. The fourth-order valence-electron chi connectivity index (χ4n) is 3.57. The van der Waals surface area contributed by atoms with Gasteiger partial charge in [-0.1, -0.05) is 26.8 Å². The zero-order chi connectivity index (χ0) is 26.3. The zero-order valence-corrected chi connectivity index (χ0v) is 22.0. The van der Waals surface area contributed by atoms with Crippen LogP contribution < -0.4 is 20.3 Å². The number of aryl methyl sites for hydroxylation is 2. The number of amides is 2. The summed E-state index contributed by atoms with van der Waals surface area (Å²) in [7, 11) is -3.51. The Morgan fingerprint density at radius 1 is 1.18 bits per heavy atom. The van der Waals surface area contributed by atoms with Gasteiger partial charge in [-0.05, 0) is 44.9 Å². The van der Waals surface area contributed by atoms with Gasteiger partial charge in [0.2, 0.25) is 11.8 Å². The quantitative estimate of drug-likeness (QED) is 0.253. The topological polar surface area (TPSA) is 143 Å². The summed E-state index contributed by atoms with van der Waals surface area (Å²) >= 11 is 0. The van der Waals surface area contributed by atoms with Crippen molar-refractivity contribution >= 4 is 25.6 Å². The molecule has 0 heterocycles. The van der Waals surface area contributed by atoms with E-state index in [1.807, 2.05) is 40.7 Å². The van der Waals surface area contributed by atoms with E-state index in [9.17, 15) is 23.8 Å². The van der Waals surface area contributed by atoms with Crippen LogP contribution in [0.1, 0.15) is 57.7 Å². The summed E-state index contributed by atoms with van der Waals surface area (Å²) in [5, 5.41) is 5.29. The van der Waals surface area contributed by atoms with Crippen LogP contribution in [-0.4, -0.2) is 44.1 Å². The van der Waals surface area contributed by atoms with Crippen molar-refractivity contribution in [3.8, 4) is 5.75 Å². The predicted octanol–water partition coefficient (Wildman–Crippen LogP) is 2.28.